The largest absolute Gasteiger partial charge is 0.359 e. The Bertz CT molecular complexity index is 380. The van der Waals surface area contributed by atoms with Gasteiger partial charge < -0.3 is 23.7 Å². The van der Waals surface area contributed by atoms with Crippen molar-refractivity contribution in [3.05, 3.63) is 34.9 Å². The van der Waals surface area contributed by atoms with Crippen molar-refractivity contribution in [2.24, 2.45) is 0 Å². The zero-order chi connectivity index (χ0) is 13.3. The van der Waals surface area contributed by atoms with Crippen molar-refractivity contribution < 1.29 is 23.7 Å². The monoisotopic (exact) mass is 268 g/mol. The van der Waals surface area contributed by atoms with Crippen LogP contribution in [-0.4, -0.2) is 34.3 Å². The van der Waals surface area contributed by atoms with E-state index < -0.39 is 0 Å². The van der Waals surface area contributed by atoms with Crippen LogP contribution in [0, 0.1) is 0 Å². The fourth-order valence-corrected chi connectivity index (χ4v) is 1.86. The van der Waals surface area contributed by atoms with Crippen LogP contribution in [0.3, 0.4) is 0 Å². The maximum absolute atomic E-state index is 5.40. The van der Waals surface area contributed by atoms with Crippen LogP contribution in [-0.2, 0) is 43.1 Å². The van der Waals surface area contributed by atoms with Crippen LogP contribution in [0.2, 0.25) is 0 Å². The Morgan fingerprint density at radius 1 is 0.842 bits per heavy atom. The van der Waals surface area contributed by atoms with Gasteiger partial charge in [0.1, 0.15) is 13.6 Å². The summed E-state index contributed by atoms with van der Waals surface area (Å²) < 4.78 is 25.2. The van der Waals surface area contributed by atoms with Gasteiger partial charge >= 0.3 is 0 Å². The number of hydrogen-bond acceptors (Lipinski definition) is 5. The number of ether oxygens (including phenoxy) is 5. The minimum absolute atomic E-state index is 0.147. The van der Waals surface area contributed by atoms with E-state index in [0.29, 0.717) is 6.61 Å². The zero-order valence-corrected chi connectivity index (χ0v) is 11.2. The van der Waals surface area contributed by atoms with E-state index in [1.54, 1.807) is 7.11 Å². The lowest BCUT2D eigenvalue weighted by atomic mass is 9.87. The molecule has 0 saturated carbocycles. The quantitative estimate of drug-likeness (QED) is 0.478. The van der Waals surface area contributed by atoms with Gasteiger partial charge in [-0.05, 0) is 29.5 Å². The predicted octanol–water partition coefficient (Wildman–Crippen LogP) is 1.83. The summed E-state index contributed by atoms with van der Waals surface area (Å²) in [6.07, 6.45) is 2.40. The molecule has 0 heterocycles. The second kappa shape index (κ2) is 8.24. The Kier molecular flexibility index (Phi) is 6.26. The van der Waals surface area contributed by atoms with Gasteiger partial charge in [-0.2, -0.15) is 0 Å². The van der Waals surface area contributed by atoms with Crippen molar-refractivity contribution in [3.8, 4) is 0 Å². The summed E-state index contributed by atoms with van der Waals surface area (Å²) in [4.78, 5) is 0. The molecule has 0 bridgehead atoms. The van der Waals surface area contributed by atoms with Crippen molar-refractivity contribution in [3.63, 3.8) is 0 Å². The lowest BCUT2D eigenvalue weighted by Crippen LogP contribution is -2.10. The highest BCUT2D eigenvalue weighted by molar-refractivity contribution is 5.38. The molecule has 1 aromatic carbocycles. The SMILES string of the molecule is COCOCOCOCOCc1ccc2c(c1)CC2. The third-order valence-electron chi connectivity index (χ3n) is 2.90. The first-order valence-corrected chi connectivity index (χ1v) is 6.31. The minimum Gasteiger partial charge on any atom is -0.359 e. The molecule has 1 aliphatic rings. The third-order valence-corrected chi connectivity index (χ3v) is 2.90. The van der Waals surface area contributed by atoms with Crippen LogP contribution in [0.5, 0.6) is 0 Å². The molecule has 0 saturated heterocycles. The molecule has 0 fully saturated rings. The third kappa shape index (κ3) is 4.89. The van der Waals surface area contributed by atoms with E-state index in [9.17, 15) is 0 Å². The van der Waals surface area contributed by atoms with Gasteiger partial charge in [-0.1, -0.05) is 18.2 Å². The first kappa shape index (κ1) is 14.4. The van der Waals surface area contributed by atoms with E-state index >= 15 is 0 Å². The molecule has 0 aliphatic heterocycles. The average Bonchev–Trinajstić information content (AvgIpc) is 2.39. The Morgan fingerprint density at radius 3 is 2.16 bits per heavy atom. The Hall–Kier alpha value is -0.980. The Labute approximate surface area is 113 Å². The van der Waals surface area contributed by atoms with E-state index in [2.05, 4.69) is 18.2 Å². The maximum Gasteiger partial charge on any atom is 0.152 e. The molecule has 0 N–H and O–H groups in total. The standard InChI is InChI=1S/C14H20O5/c1-15-8-17-10-19-11-18-9-16-7-12-2-3-13-4-5-14(13)6-12/h2-3,6H,4-5,7-11H2,1H3. The summed E-state index contributed by atoms with van der Waals surface area (Å²) in [7, 11) is 1.56. The van der Waals surface area contributed by atoms with Crippen molar-refractivity contribution in [1.82, 2.24) is 0 Å². The summed E-state index contributed by atoms with van der Waals surface area (Å²) in [5, 5.41) is 0. The summed E-state index contributed by atoms with van der Waals surface area (Å²) in [5.41, 5.74) is 4.09. The van der Waals surface area contributed by atoms with Crippen LogP contribution in [0.15, 0.2) is 18.2 Å². The first-order valence-electron chi connectivity index (χ1n) is 6.31. The van der Waals surface area contributed by atoms with E-state index in [1.165, 1.54) is 29.5 Å². The molecule has 2 rings (SSSR count). The summed E-state index contributed by atoms with van der Waals surface area (Å²) in [6, 6.07) is 6.48. The summed E-state index contributed by atoms with van der Waals surface area (Å²) in [6.45, 7) is 1.29. The predicted molar refractivity (Wildman–Crippen MR) is 68.4 cm³/mol. The maximum atomic E-state index is 5.40. The molecular formula is C14H20O5. The number of hydrogen-bond donors (Lipinski definition) is 0. The van der Waals surface area contributed by atoms with E-state index in [1.807, 2.05) is 0 Å². The average molecular weight is 268 g/mol. The smallest absolute Gasteiger partial charge is 0.152 e. The lowest BCUT2D eigenvalue weighted by molar-refractivity contribution is -0.190. The molecule has 5 nitrogen and oxygen atoms in total. The van der Waals surface area contributed by atoms with E-state index in [4.69, 9.17) is 23.7 Å². The molecule has 0 amide bonds. The molecule has 1 aromatic rings. The van der Waals surface area contributed by atoms with Crippen molar-refractivity contribution in [2.75, 3.05) is 34.3 Å². The van der Waals surface area contributed by atoms with E-state index in [-0.39, 0.29) is 27.2 Å². The fraction of sp³-hybridized carbons (Fsp3) is 0.571. The molecule has 1 aliphatic carbocycles. The molecule has 0 aromatic heterocycles. The first-order chi connectivity index (χ1) is 9.40. The number of fused-ring (bicyclic) bond motifs is 1. The highest BCUT2D eigenvalue weighted by atomic mass is 16.8. The number of methoxy groups -OCH3 is 1. The Balaban J connectivity index is 1.46. The molecule has 0 unspecified atom stereocenters. The number of benzene rings is 1. The molecule has 5 heteroatoms. The molecule has 0 atom stereocenters. The van der Waals surface area contributed by atoms with Gasteiger partial charge in [0.15, 0.2) is 13.6 Å². The highest BCUT2D eigenvalue weighted by Crippen LogP contribution is 2.23. The van der Waals surface area contributed by atoms with Crippen LogP contribution in [0.25, 0.3) is 0 Å². The lowest BCUT2D eigenvalue weighted by Gasteiger charge is -2.19. The van der Waals surface area contributed by atoms with Crippen molar-refractivity contribution >= 4 is 0 Å². The van der Waals surface area contributed by atoms with Crippen LogP contribution < -0.4 is 0 Å². The topological polar surface area (TPSA) is 46.2 Å². The van der Waals surface area contributed by atoms with Gasteiger partial charge in [-0.15, -0.1) is 0 Å². The number of rotatable bonds is 10. The summed E-state index contributed by atoms with van der Waals surface area (Å²) in [5.74, 6) is 0. The molecule has 106 valence electrons. The second-order valence-electron chi connectivity index (χ2n) is 4.32. The van der Waals surface area contributed by atoms with Crippen molar-refractivity contribution in [1.29, 1.82) is 0 Å². The zero-order valence-electron chi connectivity index (χ0n) is 11.2. The normalized spacial score (nSPS) is 13.1. The van der Waals surface area contributed by atoms with E-state index in [0.717, 1.165) is 0 Å². The van der Waals surface area contributed by atoms with Crippen LogP contribution >= 0.6 is 0 Å². The van der Waals surface area contributed by atoms with Gasteiger partial charge in [0.2, 0.25) is 0 Å². The molecular weight excluding hydrogens is 248 g/mol. The van der Waals surface area contributed by atoms with Crippen molar-refractivity contribution in [2.45, 2.75) is 19.4 Å². The fourth-order valence-electron chi connectivity index (χ4n) is 1.86. The number of aryl methyl sites for hydroxylation is 2. The van der Waals surface area contributed by atoms with Crippen LogP contribution in [0.1, 0.15) is 16.7 Å². The molecule has 0 radical (unpaired) electrons. The summed E-state index contributed by atoms with van der Waals surface area (Å²) >= 11 is 0. The minimum atomic E-state index is 0.147. The second-order valence-corrected chi connectivity index (χ2v) is 4.32. The van der Waals surface area contributed by atoms with Gasteiger partial charge in [-0.3, -0.25) is 0 Å². The Morgan fingerprint density at radius 2 is 1.53 bits per heavy atom. The molecule has 19 heavy (non-hydrogen) atoms. The molecule has 0 spiro atoms. The highest BCUT2D eigenvalue weighted by Gasteiger charge is 2.12. The van der Waals surface area contributed by atoms with Gasteiger partial charge in [0.25, 0.3) is 0 Å². The van der Waals surface area contributed by atoms with Gasteiger partial charge in [0, 0.05) is 7.11 Å². The van der Waals surface area contributed by atoms with Gasteiger partial charge in [-0.25, -0.2) is 0 Å². The van der Waals surface area contributed by atoms with Gasteiger partial charge in [0.05, 0.1) is 6.61 Å². The van der Waals surface area contributed by atoms with Crippen LogP contribution in [0.4, 0.5) is 0 Å².